The Morgan fingerprint density at radius 2 is 1.78 bits per heavy atom. The predicted molar refractivity (Wildman–Crippen MR) is 125 cm³/mol. The van der Waals surface area contributed by atoms with Gasteiger partial charge in [0, 0.05) is 24.0 Å². The van der Waals surface area contributed by atoms with Crippen molar-refractivity contribution < 1.29 is 14.4 Å². The lowest BCUT2D eigenvalue weighted by atomic mass is 10.1. The molecular formula is C26H27N3O3. The standard InChI is InChI=1S/C26H27N3O3/c1-4-27-25(31)18(3)28(15-19-9-5-8-17(2)14-19)23(30)16-29-22-13-7-11-20-10-6-12-21(24(20)22)26(29)32/h5-14,18H,4,15-16H2,1-3H3,(H,27,31)/t18-/m1/s1. The van der Waals surface area contributed by atoms with Gasteiger partial charge in [-0.1, -0.05) is 54.1 Å². The van der Waals surface area contributed by atoms with Crippen LogP contribution in [0.5, 0.6) is 0 Å². The van der Waals surface area contributed by atoms with Gasteiger partial charge in [0.25, 0.3) is 5.91 Å². The van der Waals surface area contributed by atoms with Crippen LogP contribution in [0, 0.1) is 6.92 Å². The molecule has 0 bridgehead atoms. The SMILES string of the molecule is CCNC(=O)[C@@H](C)N(Cc1cccc(C)c1)C(=O)CN1C(=O)c2cccc3cccc1c23. The monoisotopic (exact) mass is 429 g/mol. The summed E-state index contributed by atoms with van der Waals surface area (Å²) in [5.41, 5.74) is 3.36. The summed E-state index contributed by atoms with van der Waals surface area (Å²) in [6, 6.07) is 18.5. The smallest absolute Gasteiger partial charge is 0.259 e. The van der Waals surface area contributed by atoms with E-state index in [2.05, 4.69) is 5.32 Å². The molecule has 1 aliphatic rings. The van der Waals surface area contributed by atoms with Gasteiger partial charge in [0.2, 0.25) is 11.8 Å². The van der Waals surface area contributed by atoms with Crippen LogP contribution in [0.15, 0.2) is 60.7 Å². The molecule has 0 unspecified atom stereocenters. The highest BCUT2D eigenvalue weighted by Crippen LogP contribution is 2.37. The normalized spacial score (nSPS) is 13.3. The summed E-state index contributed by atoms with van der Waals surface area (Å²) >= 11 is 0. The Morgan fingerprint density at radius 3 is 2.50 bits per heavy atom. The second-order valence-corrected chi connectivity index (χ2v) is 8.15. The average Bonchev–Trinajstić information content (AvgIpc) is 3.05. The zero-order chi connectivity index (χ0) is 22.8. The number of carbonyl (C=O) groups is 3. The number of amides is 3. The molecule has 4 rings (SSSR count). The van der Waals surface area contributed by atoms with Crippen molar-refractivity contribution in [3.05, 3.63) is 77.4 Å². The second-order valence-electron chi connectivity index (χ2n) is 8.15. The van der Waals surface area contributed by atoms with Gasteiger partial charge in [-0.2, -0.15) is 0 Å². The first-order valence-electron chi connectivity index (χ1n) is 10.9. The zero-order valence-electron chi connectivity index (χ0n) is 18.6. The number of rotatable bonds is 7. The van der Waals surface area contributed by atoms with Crippen molar-refractivity contribution in [2.75, 3.05) is 18.0 Å². The van der Waals surface area contributed by atoms with E-state index in [1.807, 2.05) is 68.4 Å². The van der Waals surface area contributed by atoms with Gasteiger partial charge in [-0.25, -0.2) is 0 Å². The molecule has 1 atom stereocenters. The van der Waals surface area contributed by atoms with Crippen LogP contribution < -0.4 is 10.2 Å². The lowest BCUT2D eigenvalue weighted by Crippen LogP contribution is -2.50. The Morgan fingerprint density at radius 1 is 1.06 bits per heavy atom. The van der Waals surface area contributed by atoms with Gasteiger partial charge in [-0.05, 0) is 43.9 Å². The van der Waals surface area contributed by atoms with E-state index in [1.54, 1.807) is 17.9 Å². The number of likely N-dealkylation sites (N-methyl/N-ethyl adjacent to an activating group) is 1. The van der Waals surface area contributed by atoms with E-state index < -0.39 is 6.04 Å². The van der Waals surface area contributed by atoms with Crippen LogP contribution in [0.1, 0.15) is 35.3 Å². The van der Waals surface area contributed by atoms with Gasteiger partial charge in [0.1, 0.15) is 12.6 Å². The van der Waals surface area contributed by atoms with E-state index in [4.69, 9.17) is 0 Å². The van der Waals surface area contributed by atoms with Gasteiger partial charge in [0.15, 0.2) is 0 Å². The summed E-state index contributed by atoms with van der Waals surface area (Å²) < 4.78 is 0. The number of benzene rings is 3. The largest absolute Gasteiger partial charge is 0.355 e. The number of nitrogens with one attached hydrogen (secondary N) is 1. The lowest BCUT2D eigenvalue weighted by Gasteiger charge is -2.30. The first-order valence-corrected chi connectivity index (χ1v) is 10.9. The van der Waals surface area contributed by atoms with Crippen LogP contribution in [0.4, 0.5) is 5.69 Å². The number of anilines is 1. The fourth-order valence-corrected chi connectivity index (χ4v) is 4.27. The molecule has 32 heavy (non-hydrogen) atoms. The van der Waals surface area contributed by atoms with Crippen molar-refractivity contribution in [2.45, 2.75) is 33.4 Å². The number of carbonyl (C=O) groups excluding carboxylic acids is 3. The molecule has 3 aromatic carbocycles. The van der Waals surface area contributed by atoms with Crippen LogP contribution in [0.25, 0.3) is 10.8 Å². The third-order valence-corrected chi connectivity index (χ3v) is 5.90. The van der Waals surface area contributed by atoms with E-state index in [9.17, 15) is 14.4 Å². The maximum atomic E-state index is 13.5. The molecule has 1 aliphatic heterocycles. The summed E-state index contributed by atoms with van der Waals surface area (Å²) in [5, 5.41) is 4.64. The van der Waals surface area contributed by atoms with Crippen LogP contribution in [0.3, 0.4) is 0 Å². The topological polar surface area (TPSA) is 69.7 Å². The molecular weight excluding hydrogens is 402 g/mol. The Labute approximate surface area is 187 Å². The van der Waals surface area contributed by atoms with Crippen molar-refractivity contribution in [1.82, 2.24) is 10.2 Å². The Balaban J connectivity index is 1.63. The molecule has 6 heteroatoms. The minimum Gasteiger partial charge on any atom is -0.355 e. The predicted octanol–water partition coefficient (Wildman–Crippen LogP) is 3.66. The fourth-order valence-electron chi connectivity index (χ4n) is 4.27. The van der Waals surface area contributed by atoms with Gasteiger partial charge in [-0.15, -0.1) is 0 Å². The minimum atomic E-state index is -0.668. The van der Waals surface area contributed by atoms with Gasteiger partial charge < -0.3 is 10.2 Å². The third-order valence-electron chi connectivity index (χ3n) is 5.90. The molecule has 0 aromatic heterocycles. The molecule has 0 spiro atoms. The van der Waals surface area contributed by atoms with E-state index in [-0.39, 0.29) is 30.8 Å². The molecule has 0 saturated carbocycles. The molecule has 0 aliphatic carbocycles. The minimum absolute atomic E-state index is 0.123. The summed E-state index contributed by atoms with van der Waals surface area (Å²) in [6.07, 6.45) is 0. The molecule has 164 valence electrons. The first kappa shape index (κ1) is 21.6. The fraction of sp³-hybridized carbons (Fsp3) is 0.269. The molecule has 1 heterocycles. The Kier molecular flexibility index (Phi) is 5.95. The summed E-state index contributed by atoms with van der Waals surface area (Å²) in [5.74, 6) is -0.679. The van der Waals surface area contributed by atoms with Gasteiger partial charge in [0.05, 0.1) is 5.69 Å². The second kappa shape index (κ2) is 8.83. The van der Waals surface area contributed by atoms with Gasteiger partial charge in [-0.3, -0.25) is 19.3 Å². The molecule has 1 N–H and O–H groups in total. The van der Waals surface area contributed by atoms with Gasteiger partial charge >= 0.3 is 0 Å². The van der Waals surface area contributed by atoms with Crippen LogP contribution in [0.2, 0.25) is 0 Å². The molecule has 3 aromatic rings. The first-order chi connectivity index (χ1) is 15.4. The quantitative estimate of drug-likeness (QED) is 0.623. The zero-order valence-corrected chi connectivity index (χ0v) is 18.6. The Hall–Kier alpha value is -3.67. The van der Waals surface area contributed by atoms with Crippen LogP contribution in [-0.2, 0) is 16.1 Å². The van der Waals surface area contributed by atoms with E-state index >= 15 is 0 Å². The van der Waals surface area contributed by atoms with Crippen molar-refractivity contribution in [3.63, 3.8) is 0 Å². The highest BCUT2D eigenvalue weighted by Gasteiger charge is 2.34. The van der Waals surface area contributed by atoms with Crippen molar-refractivity contribution in [1.29, 1.82) is 0 Å². The summed E-state index contributed by atoms with van der Waals surface area (Å²) in [4.78, 5) is 42.3. The van der Waals surface area contributed by atoms with E-state index in [0.717, 1.165) is 27.6 Å². The number of nitrogens with zero attached hydrogens (tertiary/aromatic N) is 2. The molecule has 0 fully saturated rings. The van der Waals surface area contributed by atoms with Crippen LogP contribution >= 0.6 is 0 Å². The third kappa shape index (κ3) is 3.96. The van der Waals surface area contributed by atoms with Crippen molar-refractivity contribution in [2.24, 2.45) is 0 Å². The summed E-state index contributed by atoms with van der Waals surface area (Å²) in [7, 11) is 0. The average molecular weight is 430 g/mol. The maximum absolute atomic E-state index is 13.5. The molecule has 0 saturated heterocycles. The summed E-state index contributed by atoms with van der Waals surface area (Å²) in [6.45, 7) is 6.21. The lowest BCUT2D eigenvalue weighted by molar-refractivity contribution is -0.139. The van der Waals surface area contributed by atoms with Crippen molar-refractivity contribution >= 4 is 34.2 Å². The molecule has 6 nitrogen and oxygen atoms in total. The molecule has 0 radical (unpaired) electrons. The van der Waals surface area contributed by atoms with Crippen LogP contribution in [-0.4, -0.2) is 41.8 Å². The number of hydrogen-bond donors (Lipinski definition) is 1. The number of hydrogen-bond acceptors (Lipinski definition) is 3. The Bertz CT molecular complexity index is 1200. The number of aryl methyl sites for hydroxylation is 1. The highest BCUT2D eigenvalue weighted by atomic mass is 16.2. The highest BCUT2D eigenvalue weighted by molar-refractivity contribution is 6.26. The van der Waals surface area contributed by atoms with E-state index in [0.29, 0.717) is 12.1 Å². The maximum Gasteiger partial charge on any atom is 0.259 e. The van der Waals surface area contributed by atoms with E-state index in [1.165, 1.54) is 4.90 Å². The van der Waals surface area contributed by atoms with Crippen molar-refractivity contribution in [3.8, 4) is 0 Å². The molecule has 3 amide bonds.